The Labute approximate surface area is 80.4 Å². The van der Waals surface area contributed by atoms with Crippen molar-refractivity contribution in [2.24, 2.45) is 5.73 Å². The molecule has 76 valence electrons. The second-order valence-electron chi connectivity index (χ2n) is 4.17. The highest BCUT2D eigenvalue weighted by Gasteiger charge is 2.18. The highest BCUT2D eigenvalue weighted by molar-refractivity contribution is 5.93. The van der Waals surface area contributed by atoms with E-state index in [0.29, 0.717) is 6.54 Å². The van der Waals surface area contributed by atoms with Gasteiger partial charge in [-0.1, -0.05) is 5.57 Å². The number of allylic oxidation sites excluding steroid dienone is 1. The maximum absolute atomic E-state index is 11.5. The number of amides is 1. The van der Waals surface area contributed by atoms with Crippen LogP contribution in [0.5, 0.6) is 0 Å². The van der Waals surface area contributed by atoms with Gasteiger partial charge in [-0.2, -0.15) is 0 Å². The topological polar surface area (TPSA) is 55.1 Å². The first-order valence-electron chi connectivity index (χ1n) is 4.47. The van der Waals surface area contributed by atoms with Gasteiger partial charge in [-0.15, -0.1) is 0 Å². The summed E-state index contributed by atoms with van der Waals surface area (Å²) in [5, 5.41) is 2.87. The van der Waals surface area contributed by atoms with Gasteiger partial charge in [-0.25, -0.2) is 0 Å². The lowest BCUT2D eigenvalue weighted by Gasteiger charge is -2.24. The first kappa shape index (κ1) is 12.2. The van der Waals surface area contributed by atoms with E-state index in [4.69, 9.17) is 5.73 Å². The van der Waals surface area contributed by atoms with Crippen LogP contribution in [0.4, 0.5) is 0 Å². The Balaban J connectivity index is 4.42. The highest BCUT2D eigenvalue weighted by atomic mass is 16.1. The predicted molar refractivity (Wildman–Crippen MR) is 55.3 cm³/mol. The lowest BCUT2D eigenvalue weighted by Crippen LogP contribution is -2.49. The molecule has 0 unspecified atom stereocenters. The smallest absolute Gasteiger partial charge is 0.247 e. The summed E-state index contributed by atoms with van der Waals surface area (Å²) in [6.07, 6.45) is 0. The molecule has 0 spiro atoms. The second-order valence-corrected chi connectivity index (χ2v) is 4.17. The van der Waals surface area contributed by atoms with E-state index in [-0.39, 0.29) is 11.4 Å². The summed E-state index contributed by atoms with van der Waals surface area (Å²) in [4.78, 5) is 11.5. The van der Waals surface area contributed by atoms with E-state index in [1.807, 2.05) is 34.6 Å². The van der Waals surface area contributed by atoms with Gasteiger partial charge in [0.05, 0.1) is 0 Å². The van der Waals surface area contributed by atoms with Crippen molar-refractivity contribution in [3.05, 3.63) is 11.1 Å². The van der Waals surface area contributed by atoms with Gasteiger partial charge in [0.1, 0.15) is 0 Å². The lowest BCUT2D eigenvalue weighted by atomic mass is 10.0. The fourth-order valence-electron chi connectivity index (χ4n) is 0.679. The van der Waals surface area contributed by atoms with Crippen LogP contribution in [-0.4, -0.2) is 18.0 Å². The summed E-state index contributed by atoms with van der Waals surface area (Å²) in [7, 11) is 0. The van der Waals surface area contributed by atoms with Crippen LogP contribution in [0, 0.1) is 0 Å². The van der Waals surface area contributed by atoms with Crippen LogP contribution in [0.15, 0.2) is 11.1 Å². The number of carbonyl (C=O) groups excluding carboxylic acids is 1. The number of hydrogen-bond acceptors (Lipinski definition) is 2. The minimum atomic E-state index is -0.326. The third-order valence-electron chi connectivity index (χ3n) is 2.05. The number of hydrogen-bond donors (Lipinski definition) is 2. The number of nitrogens with one attached hydrogen (secondary N) is 1. The van der Waals surface area contributed by atoms with Gasteiger partial charge in [0.25, 0.3) is 0 Å². The number of nitrogens with two attached hydrogens (primary N) is 1. The van der Waals surface area contributed by atoms with Crippen LogP contribution in [0.3, 0.4) is 0 Å². The molecule has 0 aromatic carbocycles. The predicted octanol–water partition coefficient (Wildman–Crippen LogP) is 1.20. The molecule has 0 heterocycles. The molecule has 1 amide bonds. The average Bonchev–Trinajstić information content (AvgIpc) is 2.02. The molecule has 0 atom stereocenters. The Morgan fingerprint density at radius 3 is 2.08 bits per heavy atom. The largest absolute Gasteiger partial charge is 0.346 e. The molecule has 0 radical (unpaired) electrons. The molecular weight excluding hydrogens is 164 g/mol. The molecule has 0 aromatic rings. The summed E-state index contributed by atoms with van der Waals surface area (Å²) in [5.41, 5.74) is 6.97. The van der Waals surface area contributed by atoms with Crippen molar-refractivity contribution in [2.45, 2.75) is 40.2 Å². The lowest BCUT2D eigenvalue weighted by molar-refractivity contribution is -0.118. The normalized spacial score (nSPS) is 10.9. The van der Waals surface area contributed by atoms with Crippen LogP contribution in [-0.2, 0) is 4.79 Å². The maximum Gasteiger partial charge on any atom is 0.247 e. The fraction of sp³-hybridized carbons (Fsp3) is 0.700. The minimum Gasteiger partial charge on any atom is -0.346 e. The Morgan fingerprint density at radius 2 is 1.77 bits per heavy atom. The Morgan fingerprint density at radius 1 is 1.31 bits per heavy atom. The molecule has 0 rings (SSSR count). The van der Waals surface area contributed by atoms with E-state index in [1.165, 1.54) is 0 Å². The zero-order chi connectivity index (χ0) is 10.6. The first-order chi connectivity index (χ1) is 5.80. The molecule has 13 heavy (non-hydrogen) atoms. The first-order valence-corrected chi connectivity index (χ1v) is 4.47. The molecule has 3 N–H and O–H groups in total. The van der Waals surface area contributed by atoms with Crippen LogP contribution in [0.1, 0.15) is 34.6 Å². The fourth-order valence-corrected chi connectivity index (χ4v) is 0.679. The molecule has 0 aromatic heterocycles. The third kappa shape index (κ3) is 4.08. The number of rotatable bonds is 3. The van der Waals surface area contributed by atoms with Crippen LogP contribution < -0.4 is 11.1 Å². The van der Waals surface area contributed by atoms with Crippen molar-refractivity contribution in [1.82, 2.24) is 5.32 Å². The van der Waals surface area contributed by atoms with Crippen molar-refractivity contribution < 1.29 is 4.79 Å². The summed E-state index contributed by atoms with van der Waals surface area (Å²) in [6.45, 7) is 9.91. The van der Waals surface area contributed by atoms with Crippen molar-refractivity contribution >= 4 is 5.91 Å². The molecule has 0 saturated heterocycles. The van der Waals surface area contributed by atoms with Gasteiger partial charge in [0.2, 0.25) is 5.91 Å². The Kier molecular flexibility index (Phi) is 4.14. The molecule has 0 fully saturated rings. The van der Waals surface area contributed by atoms with Gasteiger partial charge in [0, 0.05) is 17.7 Å². The molecule has 3 nitrogen and oxygen atoms in total. The summed E-state index contributed by atoms with van der Waals surface area (Å²) >= 11 is 0. The van der Waals surface area contributed by atoms with E-state index >= 15 is 0 Å². The molecule has 0 bridgehead atoms. The summed E-state index contributed by atoms with van der Waals surface area (Å²) in [5.74, 6) is -0.0320. The van der Waals surface area contributed by atoms with Gasteiger partial charge in [-0.3, -0.25) is 4.79 Å². The minimum absolute atomic E-state index is 0.0320. The van der Waals surface area contributed by atoms with E-state index < -0.39 is 0 Å². The third-order valence-corrected chi connectivity index (χ3v) is 2.05. The van der Waals surface area contributed by atoms with Gasteiger partial charge in [0.15, 0.2) is 0 Å². The average molecular weight is 184 g/mol. The zero-order valence-corrected chi connectivity index (χ0v) is 9.19. The van der Waals surface area contributed by atoms with Crippen LogP contribution in [0.25, 0.3) is 0 Å². The monoisotopic (exact) mass is 184 g/mol. The maximum atomic E-state index is 11.5. The second kappa shape index (κ2) is 4.42. The highest BCUT2D eigenvalue weighted by Crippen LogP contribution is 2.05. The summed E-state index contributed by atoms with van der Waals surface area (Å²) < 4.78 is 0. The van der Waals surface area contributed by atoms with Crippen molar-refractivity contribution in [1.29, 1.82) is 0 Å². The van der Waals surface area contributed by atoms with E-state index in [1.54, 1.807) is 0 Å². The molecule has 0 aliphatic rings. The van der Waals surface area contributed by atoms with Crippen molar-refractivity contribution in [2.75, 3.05) is 6.54 Å². The summed E-state index contributed by atoms with van der Waals surface area (Å²) in [6, 6.07) is 0. The molecule has 0 saturated carbocycles. The van der Waals surface area contributed by atoms with Crippen molar-refractivity contribution in [3.8, 4) is 0 Å². The van der Waals surface area contributed by atoms with Gasteiger partial charge < -0.3 is 11.1 Å². The number of carbonyl (C=O) groups is 1. The zero-order valence-electron chi connectivity index (χ0n) is 9.19. The molecule has 0 aliphatic heterocycles. The molecular formula is C10H20N2O. The molecule has 3 heteroatoms. The van der Waals surface area contributed by atoms with Crippen LogP contribution in [0.2, 0.25) is 0 Å². The van der Waals surface area contributed by atoms with E-state index in [2.05, 4.69) is 5.32 Å². The standard InChI is InChI=1S/C10H20N2O/c1-7(2)8(3)9(13)12-10(4,5)6-11/h6,11H2,1-5H3,(H,12,13). The Hall–Kier alpha value is -0.830. The van der Waals surface area contributed by atoms with Gasteiger partial charge >= 0.3 is 0 Å². The van der Waals surface area contributed by atoms with Gasteiger partial charge in [-0.05, 0) is 34.6 Å². The quantitative estimate of drug-likeness (QED) is 0.647. The molecule has 0 aliphatic carbocycles. The van der Waals surface area contributed by atoms with E-state index in [9.17, 15) is 4.79 Å². The van der Waals surface area contributed by atoms with Crippen molar-refractivity contribution in [3.63, 3.8) is 0 Å². The van der Waals surface area contributed by atoms with E-state index in [0.717, 1.165) is 11.1 Å². The Bertz CT molecular complexity index is 225. The van der Waals surface area contributed by atoms with Crippen LogP contribution >= 0.6 is 0 Å². The SMILES string of the molecule is CC(C)=C(C)C(=O)NC(C)(C)CN.